The van der Waals surface area contributed by atoms with E-state index in [9.17, 15) is 9.59 Å². The highest BCUT2D eigenvalue weighted by molar-refractivity contribution is 5.08. The summed E-state index contributed by atoms with van der Waals surface area (Å²) in [6.45, 7) is 2.27. The summed E-state index contributed by atoms with van der Waals surface area (Å²) in [6.07, 6.45) is -0.212. The third kappa shape index (κ3) is 2.22. The van der Waals surface area contributed by atoms with Gasteiger partial charge in [-0.1, -0.05) is 0 Å². The van der Waals surface area contributed by atoms with Crippen LogP contribution in [0.1, 0.15) is 11.8 Å². The summed E-state index contributed by atoms with van der Waals surface area (Å²) in [5.41, 5.74) is 1.48. The van der Waals surface area contributed by atoms with Crippen LogP contribution in [0.3, 0.4) is 0 Å². The van der Waals surface area contributed by atoms with E-state index in [1.54, 1.807) is 21.1 Å². The predicted molar refractivity (Wildman–Crippen MR) is 74.5 cm³/mol. The van der Waals surface area contributed by atoms with Crippen LogP contribution in [0.5, 0.6) is 0 Å². The number of methoxy groups -OCH3 is 2. The zero-order valence-corrected chi connectivity index (χ0v) is 12.6. The monoisotopic (exact) mass is 313 g/mol. The number of rotatable bonds is 4. The molecular formula is C13H19N3O6. The van der Waals surface area contributed by atoms with Gasteiger partial charge in [0, 0.05) is 26.0 Å². The third-order valence-corrected chi connectivity index (χ3v) is 4.11. The van der Waals surface area contributed by atoms with Crippen LogP contribution in [-0.2, 0) is 19.0 Å². The molecule has 2 aliphatic rings. The van der Waals surface area contributed by atoms with Gasteiger partial charge in [-0.15, -0.1) is 0 Å². The minimum atomic E-state index is -0.763. The molecule has 2 aliphatic heterocycles. The van der Waals surface area contributed by atoms with E-state index in [0.29, 0.717) is 12.1 Å². The van der Waals surface area contributed by atoms with Gasteiger partial charge in [0.05, 0.1) is 13.2 Å². The number of hydrogen-bond acceptors (Lipinski definition) is 7. The number of hydroxylamine groups is 1. The van der Waals surface area contributed by atoms with E-state index in [1.807, 2.05) is 0 Å². The fraction of sp³-hybridized carbons (Fsp3) is 0.692. The van der Waals surface area contributed by atoms with Gasteiger partial charge < -0.3 is 14.2 Å². The molecule has 4 atom stereocenters. The second-order valence-electron chi connectivity index (χ2n) is 5.54. The summed E-state index contributed by atoms with van der Waals surface area (Å²) >= 11 is 0. The predicted octanol–water partition coefficient (Wildman–Crippen LogP) is -1.32. The standard InChI is InChI=1S/C13H19N3O6/c1-7-4-16(12(18)15-10(7)17)11-8-9(20-3)13(21-11,6-19-2)5-14-22-8/h4,8-9,11,14H,5-6H2,1-3H3,(H,15,17,18)/t8?,9-,11-,13-/m1/s1. The number of hydrogen-bond donors (Lipinski definition) is 2. The molecule has 3 rings (SSSR count). The summed E-state index contributed by atoms with van der Waals surface area (Å²) in [7, 11) is 3.13. The van der Waals surface area contributed by atoms with Crippen molar-refractivity contribution in [3.63, 3.8) is 0 Å². The quantitative estimate of drug-likeness (QED) is 0.710. The van der Waals surface area contributed by atoms with Crippen LogP contribution in [0.25, 0.3) is 0 Å². The Hall–Kier alpha value is -1.52. The maximum absolute atomic E-state index is 12.1. The molecule has 0 amide bonds. The Bertz CT molecular complexity index is 666. The average Bonchev–Trinajstić information content (AvgIpc) is 2.65. The van der Waals surface area contributed by atoms with Gasteiger partial charge in [0.15, 0.2) is 12.3 Å². The molecule has 0 aliphatic carbocycles. The molecule has 9 nitrogen and oxygen atoms in total. The molecule has 2 fully saturated rings. The Balaban J connectivity index is 2.04. The van der Waals surface area contributed by atoms with Crippen molar-refractivity contribution >= 4 is 0 Å². The molecule has 122 valence electrons. The molecule has 3 heterocycles. The number of fused-ring (bicyclic) bond motifs is 2. The third-order valence-electron chi connectivity index (χ3n) is 4.11. The number of aromatic amines is 1. The van der Waals surface area contributed by atoms with Crippen LogP contribution in [0, 0.1) is 6.92 Å². The zero-order chi connectivity index (χ0) is 15.9. The number of nitrogens with zero attached hydrogens (tertiary/aromatic N) is 1. The highest BCUT2D eigenvalue weighted by Crippen LogP contribution is 2.41. The van der Waals surface area contributed by atoms with Crippen molar-refractivity contribution in [3.8, 4) is 0 Å². The maximum atomic E-state index is 12.1. The summed E-state index contributed by atoms with van der Waals surface area (Å²) in [4.78, 5) is 31.4. The van der Waals surface area contributed by atoms with E-state index in [1.165, 1.54) is 10.8 Å². The number of aryl methyl sites for hydroxylation is 1. The Morgan fingerprint density at radius 1 is 1.45 bits per heavy atom. The Morgan fingerprint density at radius 2 is 2.23 bits per heavy atom. The normalized spacial score (nSPS) is 34.0. The number of aromatic nitrogens is 2. The smallest absolute Gasteiger partial charge is 0.330 e. The summed E-state index contributed by atoms with van der Waals surface area (Å²) in [5, 5.41) is 0. The van der Waals surface area contributed by atoms with Gasteiger partial charge in [0.1, 0.15) is 11.7 Å². The van der Waals surface area contributed by atoms with E-state index in [-0.39, 0.29) is 6.61 Å². The van der Waals surface area contributed by atoms with Crippen molar-refractivity contribution < 1.29 is 19.0 Å². The van der Waals surface area contributed by atoms with E-state index < -0.39 is 35.3 Å². The van der Waals surface area contributed by atoms with Crippen LogP contribution >= 0.6 is 0 Å². The zero-order valence-electron chi connectivity index (χ0n) is 12.6. The first kappa shape index (κ1) is 15.4. The van der Waals surface area contributed by atoms with Crippen molar-refractivity contribution in [2.24, 2.45) is 0 Å². The molecule has 0 saturated carbocycles. The van der Waals surface area contributed by atoms with Gasteiger partial charge >= 0.3 is 5.69 Å². The van der Waals surface area contributed by atoms with Crippen LogP contribution in [0.4, 0.5) is 0 Å². The minimum Gasteiger partial charge on any atom is -0.382 e. The molecule has 0 aromatic carbocycles. The van der Waals surface area contributed by atoms with E-state index in [2.05, 4.69) is 10.5 Å². The summed E-state index contributed by atoms with van der Waals surface area (Å²) in [6, 6.07) is 0. The molecular weight excluding hydrogens is 294 g/mol. The first-order valence-corrected chi connectivity index (χ1v) is 6.92. The highest BCUT2D eigenvalue weighted by atomic mass is 16.7. The lowest BCUT2D eigenvalue weighted by molar-refractivity contribution is -0.174. The molecule has 2 N–H and O–H groups in total. The number of ether oxygens (including phenoxy) is 3. The number of H-pyrrole nitrogens is 1. The Labute approximate surface area is 126 Å². The van der Waals surface area contributed by atoms with Gasteiger partial charge in [-0.05, 0) is 6.92 Å². The van der Waals surface area contributed by atoms with E-state index in [0.717, 1.165) is 0 Å². The first-order chi connectivity index (χ1) is 10.5. The van der Waals surface area contributed by atoms with Crippen LogP contribution < -0.4 is 16.7 Å². The maximum Gasteiger partial charge on any atom is 0.330 e. The van der Waals surface area contributed by atoms with Crippen molar-refractivity contribution in [2.75, 3.05) is 27.4 Å². The van der Waals surface area contributed by atoms with Gasteiger partial charge in [0.2, 0.25) is 0 Å². The lowest BCUT2D eigenvalue weighted by Gasteiger charge is -2.36. The lowest BCUT2D eigenvalue weighted by atomic mass is 9.94. The number of nitrogens with one attached hydrogen (secondary N) is 2. The van der Waals surface area contributed by atoms with E-state index >= 15 is 0 Å². The molecule has 1 aromatic rings. The lowest BCUT2D eigenvalue weighted by Crippen LogP contribution is -2.59. The van der Waals surface area contributed by atoms with Crippen LogP contribution in [0.15, 0.2) is 15.8 Å². The molecule has 22 heavy (non-hydrogen) atoms. The Morgan fingerprint density at radius 3 is 2.91 bits per heavy atom. The topological polar surface area (TPSA) is 104 Å². The van der Waals surface area contributed by atoms with E-state index in [4.69, 9.17) is 19.0 Å². The second kappa shape index (κ2) is 5.60. The largest absolute Gasteiger partial charge is 0.382 e. The van der Waals surface area contributed by atoms with Gasteiger partial charge in [-0.3, -0.25) is 19.2 Å². The first-order valence-electron chi connectivity index (χ1n) is 6.92. The Kier molecular flexibility index (Phi) is 3.91. The second-order valence-corrected chi connectivity index (χ2v) is 5.54. The van der Waals surface area contributed by atoms with Gasteiger partial charge in [-0.25, -0.2) is 4.79 Å². The fourth-order valence-corrected chi connectivity index (χ4v) is 3.10. The van der Waals surface area contributed by atoms with Crippen LogP contribution in [0.2, 0.25) is 0 Å². The average molecular weight is 313 g/mol. The molecule has 9 heteroatoms. The van der Waals surface area contributed by atoms with Crippen molar-refractivity contribution in [3.05, 3.63) is 32.6 Å². The van der Waals surface area contributed by atoms with Crippen molar-refractivity contribution in [1.29, 1.82) is 0 Å². The molecule has 1 aromatic heterocycles. The van der Waals surface area contributed by atoms with Crippen molar-refractivity contribution in [2.45, 2.75) is 31.0 Å². The van der Waals surface area contributed by atoms with Crippen LogP contribution in [-0.4, -0.2) is 54.7 Å². The molecule has 2 bridgehead atoms. The van der Waals surface area contributed by atoms with Gasteiger partial charge in [0.25, 0.3) is 5.56 Å². The molecule has 1 unspecified atom stereocenters. The molecule has 0 spiro atoms. The highest BCUT2D eigenvalue weighted by Gasteiger charge is 2.60. The minimum absolute atomic E-state index is 0.284. The summed E-state index contributed by atoms with van der Waals surface area (Å²) in [5.74, 6) is 0. The summed E-state index contributed by atoms with van der Waals surface area (Å²) < 4.78 is 18.2. The van der Waals surface area contributed by atoms with Gasteiger partial charge in [-0.2, -0.15) is 5.48 Å². The fourth-order valence-electron chi connectivity index (χ4n) is 3.10. The molecule has 0 radical (unpaired) electrons. The molecule has 2 saturated heterocycles. The SMILES string of the molecule is COC[C@@]12CNOC([C@H](n3cc(C)c(=O)[nH]c3=O)O1)[C@H]2OC. The van der Waals surface area contributed by atoms with Crippen molar-refractivity contribution in [1.82, 2.24) is 15.0 Å².